The van der Waals surface area contributed by atoms with Gasteiger partial charge < -0.3 is 27.9 Å². The van der Waals surface area contributed by atoms with E-state index in [2.05, 4.69) is 13.8 Å². The van der Waals surface area contributed by atoms with E-state index in [4.69, 9.17) is 18.5 Å². The molecule has 0 amide bonds. The van der Waals surface area contributed by atoms with Gasteiger partial charge in [-0.3, -0.25) is 14.2 Å². The molecule has 0 heterocycles. The van der Waals surface area contributed by atoms with Gasteiger partial charge in [0.1, 0.15) is 19.8 Å². The zero-order valence-electron chi connectivity index (χ0n) is 53.2. The van der Waals surface area contributed by atoms with Gasteiger partial charge in [-0.05, 0) is 12.8 Å². The molecule has 0 rings (SSSR count). The minimum atomic E-state index is -4.63. The van der Waals surface area contributed by atoms with Gasteiger partial charge in [-0.1, -0.05) is 348 Å². The summed E-state index contributed by atoms with van der Waals surface area (Å²) in [5.74, 6) is -0.810. The minimum Gasteiger partial charge on any atom is -0.756 e. The Morgan fingerprint density at radius 2 is 0.577 bits per heavy atom. The molecule has 0 saturated carbocycles. The molecule has 0 aromatic carbocycles. The van der Waals surface area contributed by atoms with Crippen molar-refractivity contribution >= 4 is 19.8 Å². The Labute approximate surface area is 486 Å². The summed E-state index contributed by atoms with van der Waals surface area (Å²) in [6, 6.07) is 0. The molecule has 0 fully saturated rings. The highest BCUT2D eigenvalue weighted by molar-refractivity contribution is 7.45. The third-order valence-corrected chi connectivity index (χ3v) is 17.1. The summed E-state index contributed by atoms with van der Waals surface area (Å²) >= 11 is 0. The van der Waals surface area contributed by atoms with Gasteiger partial charge in [0.2, 0.25) is 0 Å². The zero-order valence-corrected chi connectivity index (χ0v) is 54.1. The van der Waals surface area contributed by atoms with E-state index >= 15 is 0 Å². The lowest BCUT2D eigenvalue weighted by Crippen LogP contribution is -2.37. The third-order valence-electron chi connectivity index (χ3n) is 16.1. The fourth-order valence-electron chi connectivity index (χ4n) is 10.8. The van der Waals surface area contributed by atoms with Gasteiger partial charge in [0, 0.05) is 12.8 Å². The molecule has 0 radical (unpaired) electrons. The zero-order chi connectivity index (χ0) is 57.0. The monoisotopic (exact) mass is 1130 g/mol. The highest BCUT2D eigenvalue weighted by Gasteiger charge is 2.22. The van der Waals surface area contributed by atoms with Crippen molar-refractivity contribution in [1.82, 2.24) is 0 Å². The quantitative estimate of drug-likeness (QED) is 0.0256. The van der Waals surface area contributed by atoms with Crippen LogP contribution in [0.3, 0.4) is 0 Å². The van der Waals surface area contributed by atoms with E-state index < -0.39 is 26.5 Å². The Bertz CT molecular complexity index is 1280. The third kappa shape index (κ3) is 64.2. The van der Waals surface area contributed by atoms with Gasteiger partial charge in [-0.2, -0.15) is 0 Å². The Hall–Kier alpha value is -0.990. The molecule has 2 atom stereocenters. The fourth-order valence-corrected chi connectivity index (χ4v) is 11.5. The van der Waals surface area contributed by atoms with Gasteiger partial charge in [-0.25, -0.2) is 0 Å². The van der Waals surface area contributed by atoms with Crippen molar-refractivity contribution in [3.8, 4) is 0 Å². The number of quaternary nitrogens is 1. The maximum Gasteiger partial charge on any atom is 0.306 e. The van der Waals surface area contributed by atoms with Crippen LogP contribution in [-0.2, 0) is 32.7 Å². The summed E-state index contributed by atoms with van der Waals surface area (Å²) in [5, 5.41) is 0. The molecule has 0 aliphatic heterocycles. The SMILES string of the molecule is CCCCCCCCCCCCCCCCCCCCCCCCCCCCCCCCCCCCCCCCCCCC(=O)OC(COC(=O)CCCCCCCCCCCCCCC)COP(=O)([O-])OCC[N+](C)(C)C. The van der Waals surface area contributed by atoms with Crippen LogP contribution in [0.25, 0.3) is 0 Å². The molecule has 0 bridgehead atoms. The topological polar surface area (TPSA) is 111 Å². The van der Waals surface area contributed by atoms with Crippen molar-refractivity contribution in [3.63, 3.8) is 0 Å². The Kier molecular flexibility index (Phi) is 59.8. The van der Waals surface area contributed by atoms with Crippen molar-refractivity contribution in [2.75, 3.05) is 47.5 Å². The van der Waals surface area contributed by atoms with Crippen LogP contribution in [0.5, 0.6) is 0 Å². The van der Waals surface area contributed by atoms with Gasteiger partial charge in [0.15, 0.2) is 6.10 Å². The number of carbonyl (C=O) groups excluding carboxylic acids is 2. The van der Waals surface area contributed by atoms with E-state index in [-0.39, 0.29) is 32.0 Å². The maximum absolute atomic E-state index is 12.8. The van der Waals surface area contributed by atoms with Gasteiger partial charge >= 0.3 is 11.9 Å². The molecule has 0 aromatic rings. The molecule has 0 aliphatic rings. The smallest absolute Gasteiger partial charge is 0.306 e. The van der Waals surface area contributed by atoms with Gasteiger partial charge in [0.05, 0.1) is 27.7 Å². The maximum atomic E-state index is 12.8. The van der Waals surface area contributed by atoms with Crippen LogP contribution >= 0.6 is 7.82 Å². The second kappa shape index (κ2) is 60.6. The van der Waals surface area contributed by atoms with Gasteiger partial charge in [-0.15, -0.1) is 0 Å². The van der Waals surface area contributed by atoms with Crippen molar-refractivity contribution in [2.45, 2.75) is 380 Å². The number of carbonyl (C=O) groups is 2. The predicted octanol–water partition coefficient (Wildman–Crippen LogP) is 21.5. The number of likely N-dealkylation sites (N-methyl/N-ethyl adjacent to an activating group) is 1. The number of phosphoric acid groups is 1. The molecule has 78 heavy (non-hydrogen) atoms. The molecule has 466 valence electrons. The van der Waals surface area contributed by atoms with Crippen LogP contribution in [0.15, 0.2) is 0 Å². The fraction of sp³-hybridized carbons (Fsp3) is 0.971. The van der Waals surface area contributed by atoms with Crippen LogP contribution in [0.1, 0.15) is 373 Å². The van der Waals surface area contributed by atoms with Crippen molar-refractivity contribution in [2.24, 2.45) is 0 Å². The number of hydrogen-bond donors (Lipinski definition) is 0. The van der Waals surface area contributed by atoms with Crippen LogP contribution in [0.4, 0.5) is 0 Å². The number of esters is 2. The Balaban J connectivity index is 3.78. The summed E-state index contributed by atoms with van der Waals surface area (Å²) in [7, 11) is 1.19. The van der Waals surface area contributed by atoms with Crippen LogP contribution in [0.2, 0.25) is 0 Å². The standard InChI is InChI=1S/C68H136NO8P/c1-6-8-10-12-14-16-18-20-21-22-23-24-25-26-27-28-29-30-31-32-33-34-35-36-37-38-39-40-41-42-43-44-45-46-47-49-51-53-55-57-59-61-68(71)77-66(65-76-78(72,73)75-63-62-69(3,4)5)64-74-67(70)60-58-56-54-52-50-48-19-17-15-13-11-9-7-2/h66H,6-65H2,1-5H3. The Morgan fingerprint density at radius 1 is 0.346 bits per heavy atom. The normalized spacial score (nSPS) is 13.1. The summed E-state index contributed by atoms with van der Waals surface area (Å²) in [5.41, 5.74) is 0. The summed E-state index contributed by atoms with van der Waals surface area (Å²) in [4.78, 5) is 37.8. The lowest BCUT2D eigenvalue weighted by Gasteiger charge is -2.28. The number of hydrogen-bond acceptors (Lipinski definition) is 8. The number of phosphoric ester groups is 1. The average Bonchev–Trinajstić information content (AvgIpc) is 3.40. The minimum absolute atomic E-state index is 0.0251. The van der Waals surface area contributed by atoms with Crippen LogP contribution in [-0.4, -0.2) is 70.0 Å². The van der Waals surface area contributed by atoms with E-state index in [1.807, 2.05) is 21.1 Å². The summed E-state index contributed by atoms with van der Waals surface area (Å²) in [6.07, 6.45) is 72.2. The number of rotatable bonds is 66. The molecule has 0 aliphatic carbocycles. The van der Waals surface area contributed by atoms with E-state index in [0.29, 0.717) is 17.4 Å². The lowest BCUT2D eigenvalue weighted by molar-refractivity contribution is -0.870. The van der Waals surface area contributed by atoms with Crippen molar-refractivity contribution in [3.05, 3.63) is 0 Å². The predicted molar refractivity (Wildman–Crippen MR) is 333 cm³/mol. The summed E-state index contributed by atoms with van der Waals surface area (Å²) < 4.78 is 34.2. The average molecular weight is 1130 g/mol. The molecule has 0 N–H and O–H groups in total. The molecule has 10 heteroatoms. The van der Waals surface area contributed by atoms with E-state index in [0.717, 1.165) is 32.1 Å². The van der Waals surface area contributed by atoms with E-state index in [1.165, 1.54) is 308 Å². The van der Waals surface area contributed by atoms with Gasteiger partial charge in [0.25, 0.3) is 7.82 Å². The molecular weight excluding hydrogens is 990 g/mol. The molecular formula is C68H136NO8P. The largest absolute Gasteiger partial charge is 0.756 e. The highest BCUT2D eigenvalue weighted by atomic mass is 31.2. The molecule has 0 saturated heterocycles. The first-order chi connectivity index (χ1) is 38.0. The molecule has 0 aromatic heterocycles. The molecule has 0 spiro atoms. The molecule has 9 nitrogen and oxygen atoms in total. The second-order valence-corrected chi connectivity index (χ2v) is 26.7. The van der Waals surface area contributed by atoms with Crippen molar-refractivity contribution in [1.29, 1.82) is 0 Å². The number of unbranched alkanes of at least 4 members (excludes halogenated alkanes) is 52. The first kappa shape index (κ1) is 77.0. The van der Waals surface area contributed by atoms with E-state index in [1.54, 1.807) is 0 Å². The number of nitrogens with zero attached hydrogens (tertiary/aromatic N) is 1. The first-order valence-electron chi connectivity index (χ1n) is 34.7. The summed E-state index contributed by atoms with van der Waals surface area (Å²) in [6.45, 7) is 4.31. The molecule has 2 unspecified atom stereocenters. The number of ether oxygens (including phenoxy) is 2. The van der Waals surface area contributed by atoms with E-state index in [9.17, 15) is 19.0 Å². The lowest BCUT2D eigenvalue weighted by atomic mass is 10.0. The van der Waals surface area contributed by atoms with Crippen LogP contribution < -0.4 is 4.89 Å². The van der Waals surface area contributed by atoms with Crippen molar-refractivity contribution < 1.29 is 42.1 Å². The Morgan fingerprint density at radius 3 is 0.821 bits per heavy atom. The van der Waals surface area contributed by atoms with Crippen LogP contribution in [0, 0.1) is 0 Å². The first-order valence-corrected chi connectivity index (χ1v) is 36.2. The highest BCUT2D eigenvalue weighted by Crippen LogP contribution is 2.38. The second-order valence-electron chi connectivity index (χ2n) is 25.3.